The molecule has 4 amide bonds. The van der Waals surface area contributed by atoms with E-state index in [0.29, 0.717) is 17.5 Å². The zero-order valence-electron chi connectivity index (χ0n) is 20.1. The molecule has 0 spiro atoms. The number of imide groups is 1. The average molecular weight is 493 g/mol. The summed E-state index contributed by atoms with van der Waals surface area (Å²) in [4.78, 5) is 42.6. The highest BCUT2D eigenvalue weighted by Crippen LogP contribution is 2.37. The number of fused-ring (bicyclic) bond motifs is 2. The molecular formula is C29H24N4O4. The Morgan fingerprint density at radius 3 is 2.76 bits per heavy atom. The fourth-order valence-electron chi connectivity index (χ4n) is 5.09. The normalized spacial score (nSPS) is 19.6. The highest BCUT2D eigenvalue weighted by atomic mass is 16.3. The quantitative estimate of drug-likeness (QED) is 0.360. The summed E-state index contributed by atoms with van der Waals surface area (Å²) in [5.41, 5.74) is 4.50. The molecule has 8 heteroatoms. The van der Waals surface area contributed by atoms with Crippen LogP contribution in [-0.4, -0.2) is 22.8 Å². The van der Waals surface area contributed by atoms with E-state index in [-0.39, 0.29) is 12.5 Å². The van der Waals surface area contributed by atoms with E-state index in [4.69, 9.17) is 9.40 Å². The van der Waals surface area contributed by atoms with E-state index in [1.54, 1.807) is 19.3 Å². The van der Waals surface area contributed by atoms with Gasteiger partial charge in [0.2, 0.25) is 0 Å². The molecule has 1 unspecified atom stereocenters. The van der Waals surface area contributed by atoms with Gasteiger partial charge >= 0.3 is 6.03 Å². The molecule has 2 aliphatic rings. The highest BCUT2D eigenvalue weighted by Gasteiger charge is 2.43. The summed E-state index contributed by atoms with van der Waals surface area (Å²) >= 11 is 0. The Hall–Kier alpha value is -4.72. The fourth-order valence-corrected chi connectivity index (χ4v) is 5.09. The van der Waals surface area contributed by atoms with Crippen molar-refractivity contribution >= 4 is 40.4 Å². The topological polar surface area (TPSA) is 113 Å². The van der Waals surface area contributed by atoms with Crippen LogP contribution in [0.1, 0.15) is 51.8 Å². The Bertz CT molecular complexity index is 1610. The molecule has 3 heterocycles. The Labute approximate surface area is 212 Å². The number of allylic oxidation sites excluding steroid dienone is 1. The van der Waals surface area contributed by atoms with Crippen molar-refractivity contribution in [1.29, 1.82) is 0 Å². The van der Waals surface area contributed by atoms with Crippen molar-refractivity contribution in [2.45, 2.75) is 31.8 Å². The van der Waals surface area contributed by atoms with Crippen LogP contribution < -0.4 is 16.0 Å². The van der Waals surface area contributed by atoms with Gasteiger partial charge in [-0.25, -0.2) is 9.78 Å². The number of aromatic nitrogens is 1. The molecule has 37 heavy (non-hydrogen) atoms. The number of nitrogens with one attached hydrogen (secondary N) is 3. The van der Waals surface area contributed by atoms with Crippen LogP contribution in [0, 0.1) is 0 Å². The van der Waals surface area contributed by atoms with Gasteiger partial charge in [-0.3, -0.25) is 14.9 Å². The van der Waals surface area contributed by atoms with E-state index >= 15 is 0 Å². The molecule has 0 saturated carbocycles. The molecule has 4 aromatic rings. The van der Waals surface area contributed by atoms with E-state index in [0.717, 1.165) is 45.5 Å². The number of para-hydroxylation sites is 1. The molecule has 2 aromatic carbocycles. The van der Waals surface area contributed by atoms with Gasteiger partial charge in [-0.05, 0) is 66.3 Å². The maximum atomic E-state index is 13.6. The second kappa shape index (κ2) is 8.74. The highest BCUT2D eigenvalue weighted by molar-refractivity contribution is 6.09. The van der Waals surface area contributed by atoms with Crippen LogP contribution in [0.25, 0.3) is 22.6 Å². The molecule has 0 radical (unpaired) electrons. The second-order valence-electron chi connectivity index (χ2n) is 9.43. The third-order valence-electron chi connectivity index (χ3n) is 7.03. The lowest BCUT2D eigenvalue weighted by atomic mass is 9.91. The largest absolute Gasteiger partial charge is 0.465 e. The summed E-state index contributed by atoms with van der Waals surface area (Å²) in [6, 6.07) is 18.2. The van der Waals surface area contributed by atoms with Crippen LogP contribution in [0.4, 0.5) is 4.79 Å². The molecule has 184 valence electrons. The molecule has 6 rings (SSSR count). The van der Waals surface area contributed by atoms with Crippen LogP contribution in [0.2, 0.25) is 0 Å². The van der Waals surface area contributed by atoms with Crippen LogP contribution in [0.15, 0.2) is 71.3 Å². The Balaban J connectivity index is 1.31. The molecule has 3 N–H and O–H groups in total. The SMILES string of the molecule is CC1(c2cccc(CNC(=O)c3c4c(nc5ccccc35)/C(=C\c3ccco3)CC4)c2)NC(=O)NC1=O. The molecule has 1 aliphatic carbocycles. The van der Waals surface area contributed by atoms with E-state index < -0.39 is 17.5 Å². The first-order chi connectivity index (χ1) is 17.9. The zero-order chi connectivity index (χ0) is 25.6. The smallest absolute Gasteiger partial charge is 0.322 e. The third kappa shape index (κ3) is 3.96. The van der Waals surface area contributed by atoms with Crippen LogP contribution in [0.5, 0.6) is 0 Å². The summed E-state index contributed by atoms with van der Waals surface area (Å²) < 4.78 is 5.50. The molecule has 8 nitrogen and oxygen atoms in total. The number of furan rings is 1. The van der Waals surface area contributed by atoms with Crippen molar-refractivity contribution in [3.63, 3.8) is 0 Å². The van der Waals surface area contributed by atoms with Crippen molar-refractivity contribution < 1.29 is 18.8 Å². The molecule has 1 aliphatic heterocycles. The van der Waals surface area contributed by atoms with Gasteiger partial charge < -0.3 is 15.1 Å². The summed E-state index contributed by atoms with van der Waals surface area (Å²) in [7, 11) is 0. The van der Waals surface area contributed by atoms with Gasteiger partial charge in [-0.15, -0.1) is 0 Å². The predicted molar refractivity (Wildman–Crippen MR) is 138 cm³/mol. The maximum Gasteiger partial charge on any atom is 0.322 e. The number of hydrogen-bond acceptors (Lipinski definition) is 5. The first-order valence-corrected chi connectivity index (χ1v) is 12.1. The standard InChI is InChI=1S/C29H24N4O4/c1-29(27(35)32-28(36)33-29)19-7-4-6-17(14-19)16-30-26(34)24-21-9-2-3-10-23(21)31-25-18(11-12-22(24)25)15-20-8-5-13-37-20/h2-10,13-15H,11-12,16H2,1H3,(H,30,34)(H2,32,33,35,36)/b18-15-. The lowest BCUT2D eigenvalue weighted by Gasteiger charge is -2.21. The summed E-state index contributed by atoms with van der Waals surface area (Å²) in [5.74, 6) is 0.165. The molecule has 1 saturated heterocycles. The first-order valence-electron chi connectivity index (χ1n) is 12.1. The summed E-state index contributed by atoms with van der Waals surface area (Å²) in [6.07, 6.45) is 5.11. The Kier molecular flexibility index (Phi) is 5.37. The predicted octanol–water partition coefficient (Wildman–Crippen LogP) is 4.30. The number of carbonyl (C=O) groups excluding carboxylic acids is 3. The summed E-state index contributed by atoms with van der Waals surface area (Å²) in [5, 5.41) is 8.82. The third-order valence-corrected chi connectivity index (χ3v) is 7.03. The van der Waals surface area contributed by atoms with Crippen molar-refractivity contribution in [3.05, 3.63) is 101 Å². The summed E-state index contributed by atoms with van der Waals surface area (Å²) in [6.45, 7) is 1.92. The van der Waals surface area contributed by atoms with Gasteiger partial charge in [0.15, 0.2) is 0 Å². The van der Waals surface area contributed by atoms with Crippen LogP contribution >= 0.6 is 0 Å². The molecule has 1 fully saturated rings. The Morgan fingerprint density at radius 1 is 1.11 bits per heavy atom. The number of urea groups is 1. The first kappa shape index (κ1) is 22.7. The number of carbonyl (C=O) groups is 3. The molecular weight excluding hydrogens is 468 g/mol. The van der Waals surface area contributed by atoms with Crippen LogP contribution in [-0.2, 0) is 23.3 Å². The van der Waals surface area contributed by atoms with E-state index in [1.807, 2.05) is 60.7 Å². The number of amides is 4. The number of nitrogens with zero attached hydrogens (tertiary/aromatic N) is 1. The van der Waals surface area contributed by atoms with E-state index in [1.165, 1.54) is 0 Å². The van der Waals surface area contributed by atoms with E-state index in [9.17, 15) is 14.4 Å². The monoisotopic (exact) mass is 492 g/mol. The number of hydrogen-bond donors (Lipinski definition) is 3. The maximum absolute atomic E-state index is 13.6. The minimum atomic E-state index is -1.16. The molecule has 2 aromatic heterocycles. The van der Waals surface area contributed by atoms with Gasteiger partial charge in [-0.1, -0.05) is 42.5 Å². The van der Waals surface area contributed by atoms with Crippen molar-refractivity contribution in [1.82, 2.24) is 20.9 Å². The van der Waals surface area contributed by atoms with Gasteiger partial charge in [0, 0.05) is 11.9 Å². The van der Waals surface area contributed by atoms with Crippen molar-refractivity contribution in [2.75, 3.05) is 0 Å². The average Bonchev–Trinajstić information content (AvgIpc) is 3.62. The van der Waals surface area contributed by atoms with Crippen molar-refractivity contribution in [2.24, 2.45) is 0 Å². The second-order valence-corrected chi connectivity index (χ2v) is 9.43. The van der Waals surface area contributed by atoms with Gasteiger partial charge in [-0.2, -0.15) is 0 Å². The van der Waals surface area contributed by atoms with Gasteiger partial charge in [0.05, 0.1) is 23.0 Å². The lowest BCUT2D eigenvalue weighted by Crippen LogP contribution is -2.40. The van der Waals surface area contributed by atoms with Crippen LogP contribution in [0.3, 0.4) is 0 Å². The van der Waals surface area contributed by atoms with Gasteiger partial charge in [0.25, 0.3) is 11.8 Å². The minimum absolute atomic E-state index is 0.183. The fraction of sp³-hybridized carbons (Fsp3) is 0.172. The minimum Gasteiger partial charge on any atom is -0.465 e. The zero-order valence-corrected chi connectivity index (χ0v) is 20.1. The van der Waals surface area contributed by atoms with E-state index in [2.05, 4.69) is 16.0 Å². The van der Waals surface area contributed by atoms with Crippen molar-refractivity contribution in [3.8, 4) is 0 Å². The lowest BCUT2D eigenvalue weighted by molar-refractivity contribution is -0.123. The van der Waals surface area contributed by atoms with Gasteiger partial charge in [0.1, 0.15) is 11.3 Å². The number of benzene rings is 2. The number of rotatable bonds is 5. The number of pyridine rings is 1. The Morgan fingerprint density at radius 2 is 1.97 bits per heavy atom. The molecule has 1 atom stereocenters. The molecule has 0 bridgehead atoms.